The van der Waals surface area contributed by atoms with Gasteiger partial charge in [0.25, 0.3) is 0 Å². The maximum atomic E-state index is 15.9. The van der Waals surface area contributed by atoms with Crippen molar-refractivity contribution in [2.45, 2.75) is 130 Å². The van der Waals surface area contributed by atoms with Gasteiger partial charge in [0.1, 0.15) is 17.4 Å². The topological polar surface area (TPSA) is 9.23 Å². The van der Waals surface area contributed by atoms with Crippen LogP contribution in [0.2, 0.25) is 0 Å². The van der Waals surface area contributed by atoms with Crippen molar-refractivity contribution in [3.63, 3.8) is 0 Å². The molecule has 3 aromatic carbocycles. The van der Waals surface area contributed by atoms with E-state index in [1.54, 1.807) is 0 Å². The maximum Gasteiger partial charge on any atom is 0.149 e. The minimum atomic E-state index is -0.232. The Morgan fingerprint density at radius 1 is 0.542 bits per heavy atom. The van der Waals surface area contributed by atoms with E-state index in [-0.39, 0.29) is 11.6 Å². The molecule has 0 amide bonds. The van der Waals surface area contributed by atoms with Crippen molar-refractivity contribution in [1.82, 2.24) is 0 Å². The van der Waals surface area contributed by atoms with Crippen LogP contribution in [0.1, 0.15) is 128 Å². The van der Waals surface area contributed by atoms with Crippen LogP contribution in [0.3, 0.4) is 0 Å². The summed E-state index contributed by atoms with van der Waals surface area (Å²) < 4.78 is 39.3. The van der Waals surface area contributed by atoms with Gasteiger partial charge in [-0.1, -0.05) is 128 Å². The molecule has 48 heavy (non-hydrogen) atoms. The van der Waals surface area contributed by atoms with E-state index in [1.165, 1.54) is 125 Å². The molecule has 0 saturated heterocycles. The van der Waals surface area contributed by atoms with Gasteiger partial charge in [0, 0.05) is 20.2 Å². The van der Waals surface area contributed by atoms with Crippen molar-refractivity contribution in [3.05, 3.63) is 77.4 Å². The summed E-state index contributed by atoms with van der Waals surface area (Å²) in [5.41, 5.74) is 4.03. The fraction of sp³-hybridized carbons (Fsp3) is 0.488. The molecule has 258 valence electrons. The standard InChI is InChI=1S/C43H54F2OS2/c1-4-6-8-10-12-13-14-15-17-19-27-46-37-26-25-34(28-31(37)3)43-41(45)36-30-38-35(29-39(36)48-43)40(44)42(47-38)33-23-21-32(22-24-33)20-18-16-11-9-7-5-2/h21-26,28-30H,4-20,27H2,1-3H3. The Kier molecular flexibility index (Phi) is 14.3. The van der Waals surface area contributed by atoms with Crippen LogP contribution in [0, 0.1) is 18.6 Å². The molecule has 0 atom stereocenters. The predicted molar refractivity (Wildman–Crippen MR) is 207 cm³/mol. The van der Waals surface area contributed by atoms with Crippen LogP contribution in [0.25, 0.3) is 41.1 Å². The molecule has 0 aliphatic rings. The van der Waals surface area contributed by atoms with Crippen molar-refractivity contribution in [1.29, 1.82) is 0 Å². The summed E-state index contributed by atoms with van der Waals surface area (Å²) in [6.45, 7) is 7.24. The first-order valence-electron chi connectivity index (χ1n) is 18.7. The summed E-state index contributed by atoms with van der Waals surface area (Å²) >= 11 is 2.80. The third kappa shape index (κ3) is 9.69. The quantitative estimate of drug-likeness (QED) is 0.0697. The SMILES string of the molecule is CCCCCCCCCCCCOc1ccc(-c2sc3cc4c(F)c(-c5ccc(CCCCCCCC)cc5)sc4cc3c2F)cc1C. The summed E-state index contributed by atoms with van der Waals surface area (Å²) in [5.74, 6) is 0.419. The molecular formula is C43H54F2OS2. The van der Waals surface area contributed by atoms with Gasteiger partial charge in [-0.05, 0) is 78.8 Å². The van der Waals surface area contributed by atoms with Gasteiger partial charge in [-0.3, -0.25) is 0 Å². The number of fused-ring (bicyclic) bond motifs is 2. The average molecular weight is 689 g/mol. The van der Waals surface area contributed by atoms with E-state index in [0.29, 0.717) is 27.1 Å². The number of hydrogen-bond donors (Lipinski definition) is 0. The zero-order chi connectivity index (χ0) is 33.7. The van der Waals surface area contributed by atoms with E-state index in [0.717, 1.165) is 44.7 Å². The second-order valence-corrected chi connectivity index (χ2v) is 15.7. The molecule has 5 rings (SSSR count). The van der Waals surface area contributed by atoms with Crippen LogP contribution in [0.15, 0.2) is 54.6 Å². The van der Waals surface area contributed by atoms with Crippen molar-refractivity contribution < 1.29 is 13.5 Å². The third-order valence-corrected chi connectivity index (χ3v) is 12.0. The van der Waals surface area contributed by atoms with Gasteiger partial charge < -0.3 is 4.74 Å². The molecule has 2 heterocycles. The Labute approximate surface area is 295 Å². The second-order valence-electron chi connectivity index (χ2n) is 13.6. The summed E-state index contributed by atoms with van der Waals surface area (Å²) in [5, 5.41) is 1.13. The lowest BCUT2D eigenvalue weighted by Crippen LogP contribution is -1.99. The fourth-order valence-corrected chi connectivity index (χ4v) is 8.86. The predicted octanol–water partition coefficient (Wildman–Crippen LogP) is 15.2. The minimum absolute atomic E-state index is 0.212. The van der Waals surface area contributed by atoms with Crippen molar-refractivity contribution in [2.75, 3.05) is 6.61 Å². The molecule has 1 nitrogen and oxygen atoms in total. The van der Waals surface area contributed by atoms with E-state index in [2.05, 4.69) is 26.0 Å². The number of aryl methyl sites for hydroxylation is 2. The van der Waals surface area contributed by atoms with Gasteiger partial charge in [-0.15, -0.1) is 22.7 Å². The Balaban J connectivity index is 1.18. The van der Waals surface area contributed by atoms with Gasteiger partial charge in [0.05, 0.1) is 16.4 Å². The molecule has 0 saturated carbocycles. The molecule has 0 aliphatic heterocycles. The molecule has 0 N–H and O–H groups in total. The number of thiophene rings is 2. The minimum Gasteiger partial charge on any atom is -0.493 e. The third-order valence-electron chi connectivity index (χ3n) is 9.61. The normalized spacial score (nSPS) is 11.7. The highest BCUT2D eigenvalue weighted by Crippen LogP contribution is 2.44. The first-order chi connectivity index (χ1) is 23.5. The zero-order valence-electron chi connectivity index (χ0n) is 29.4. The fourth-order valence-electron chi connectivity index (χ4n) is 6.65. The largest absolute Gasteiger partial charge is 0.493 e. The average Bonchev–Trinajstić information content (AvgIpc) is 3.60. The van der Waals surface area contributed by atoms with E-state index >= 15 is 8.78 Å². The van der Waals surface area contributed by atoms with Gasteiger partial charge in [0.15, 0.2) is 0 Å². The van der Waals surface area contributed by atoms with Crippen LogP contribution in [0.5, 0.6) is 5.75 Å². The molecule has 5 aromatic rings. The Hall–Kier alpha value is -2.76. The van der Waals surface area contributed by atoms with Crippen LogP contribution in [-0.4, -0.2) is 6.61 Å². The maximum absolute atomic E-state index is 15.9. The van der Waals surface area contributed by atoms with Crippen LogP contribution in [0.4, 0.5) is 8.78 Å². The molecule has 0 aliphatic carbocycles. The van der Waals surface area contributed by atoms with Gasteiger partial charge in [0.2, 0.25) is 0 Å². The van der Waals surface area contributed by atoms with Crippen molar-refractivity contribution in [3.8, 4) is 26.6 Å². The first kappa shape index (κ1) is 36.5. The molecule has 2 aromatic heterocycles. The molecule has 0 spiro atoms. The number of unbranched alkanes of at least 4 members (excludes halogenated alkanes) is 14. The van der Waals surface area contributed by atoms with Crippen LogP contribution < -0.4 is 4.74 Å². The Morgan fingerprint density at radius 2 is 1.02 bits per heavy atom. The van der Waals surface area contributed by atoms with Crippen LogP contribution >= 0.6 is 22.7 Å². The van der Waals surface area contributed by atoms with Gasteiger partial charge in [-0.25, -0.2) is 8.78 Å². The molecule has 0 bridgehead atoms. The lowest BCUT2D eigenvalue weighted by molar-refractivity contribution is 0.302. The molecule has 5 heteroatoms. The van der Waals surface area contributed by atoms with E-state index in [4.69, 9.17) is 4.74 Å². The Morgan fingerprint density at radius 3 is 1.56 bits per heavy atom. The number of hydrogen-bond acceptors (Lipinski definition) is 3. The second kappa shape index (κ2) is 18.9. The summed E-state index contributed by atoms with van der Waals surface area (Å²) in [6, 6.07) is 17.9. The summed E-state index contributed by atoms with van der Waals surface area (Å²) in [4.78, 5) is 1.21. The summed E-state index contributed by atoms with van der Waals surface area (Å²) in [6.07, 6.45) is 21.7. The highest BCUT2D eigenvalue weighted by molar-refractivity contribution is 7.24. The highest BCUT2D eigenvalue weighted by atomic mass is 32.1. The molecule has 0 fully saturated rings. The van der Waals surface area contributed by atoms with Crippen LogP contribution in [-0.2, 0) is 6.42 Å². The number of benzene rings is 3. The van der Waals surface area contributed by atoms with E-state index in [1.807, 2.05) is 49.4 Å². The van der Waals surface area contributed by atoms with E-state index < -0.39 is 0 Å². The number of halogens is 2. The zero-order valence-corrected chi connectivity index (χ0v) is 31.0. The Bertz CT molecular complexity index is 1720. The summed E-state index contributed by atoms with van der Waals surface area (Å²) in [7, 11) is 0. The first-order valence-corrected chi connectivity index (χ1v) is 20.3. The molecule has 0 unspecified atom stereocenters. The number of ether oxygens (including phenoxy) is 1. The smallest absolute Gasteiger partial charge is 0.149 e. The lowest BCUT2D eigenvalue weighted by atomic mass is 10.0. The van der Waals surface area contributed by atoms with Crippen molar-refractivity contribution >= 4 is 42.8 Å². The van der Waals surface area contributed by atoms with Crippen molar-refractivity contribution in [2.24, 2.45) is 0 Å². The van der Waals surface area contributed by atoms with Gasteiger partial charge in [-0.2, -0.15) is 0 Å². The number of rotatable bonds is 21. The monoisotopic (exact) mass is 688 g/mol. The highest BCUT2D eigenvalue weighted by Gasteiger charge is 2.20. The molecular weight excluding hydrogens is 635 g/mol. The van der Waals surface area contributed by atoms with E-state index in [9.17, 15) is 0 Å². The lowest BCUT2D eigenvalue weighted by Gasteiger charge is -2.10. The van der Waals surface area contributed by atoms with Gasteiger partial charge >= 0.3 is 0 Å². The molecule has 0 radical (unpaired) electrons.